The first-order chi connectivity index (χ1) is 16.4. The molecule has 0 amide bonds. The van der Waals surface area contributed by atoms with E-state index >= 15 is 0 Å². The number of phenols is 2. The number of ether oxygens (including phenoxy) is 2. The summed E-state index contributed by atoms with van der Waals surface area (Å²) in [4.78, 5) is 4.35. The summed E-state index contributed by atoms with van der Waals surface area (Å²) in [6, 6.07) is 19.5. The van der Waals surface area contributed by atoms with Gasteiger partial charge in [0.05, 0.1) is 18.7 Å². The summed E-state index contributed by atoms with van der Waals surface area (Å²) in [7, 11) is 3.17. The molecule has 0 unspecified atom stereocenters. The molecule has 0 aliphatic rings. The lowest BCUT2D eigenvalue weighted by Crippen LogP contribution is -1.87. The van der Waals surface area contributed by atoms with Crippen LogP contribution in [-0.2, 0) is 0 Å². The van der Waals surface area contributed by atoms with Gasteiger partial charge in [-0.25, -0.2) is 4.99 Å². The largest absolute Gasteiger partial charge is 0.507 e. The number of furan rings is 1. The molecular formula is C26H19BrN2O5. The number of benzene rings is 3. The van der Waals surface area contributed by atoms with Crippen molar-refractivity contribution in [2.75, 3.05) is 14.2 Å². The second kappa shape index (κ2) is 9.73. The highest BCUT2D eigenvalue weighted by atomic mass is 79.9. The smallest absolute Gasteiger partial charge is 0.238 e. The monoisotopic (exact) mass is 518 g/mol. The van der Waals surface area contributed by atoms with Crippen LogP contribution in [0.2, 0.25) is 0 Å². The number of rotatable bonds is 6. The van der Waals surface area contributed by atoms with Crippen molar-refractivity contribution in [3.8, 4) is 51.5 Å². The minimum Gasteiger partial charge on any atom is -0.507 e. The lowest BCUT2D eigenvalue weighted by Gasteiger charge is -2.06. The van der Waals surface area contributed by atoms with Gasteiger partial charge in [-0.2, -0.15) is 5.26 Å². The highest BCUT2D eigenvalue weighted by molar-refractivity contribution is 9.10. The Labute approximate surface area is 204 Å². The molecule has 4 aromatic rings. The van der Waals surface area contributed by atoms with Crippen LogP contribution >= 0.6 is 15.9 Å². The maximum absolute atomic E-state index is 10.1. The first kappa shape index (κ1) is 23.0. The average molecular weight is 519 g/mol. The third kappa shape index (κ3) is 4.47. The van der Waals surface area contributed by atoms with Crippen LogP contribution < -0.4 is 9.47 Å². The quantitative estimate of drug-likeness (QED) is 0.285. The van der Waals surface area contributed by atoms with E-state index in [1.54, 1.807) is 38.5 Å². The zero-order valence-corrected chi connectivity index (χ0v) is 19.8. The van der Waals surface area contributed by atoms with E-state index in [1.807, 2.05) is 24.3 Å². The van der Waals surface area contributed by atoms with Crippen LogP contribution in [0.1, 0.15) is 11.1 Å². The Balaban J connectivity index is 1.88. The summed E-state index contributed by atoms with van der Waals surface area (Å²) in [5, 5.41) is 29.9. The third-order valence-corrected chi connectivity index (χ3v) is 5.78. The summed E-state index contributed by atoms with van der Waals surface area (Å²) in [6.07, 6.45) is 1.37. The van der Waals surface area contributed by atoms with E-state index in [0.717, 1.165) is 11.1 Å². The number of nitrogens with zero attached hydrogens (tertiary/aromatic N) is 2. The molecule has 2 N–H and O–H groups in total. The Morgan fingerprint density at radius 1 is 0.912 bits per heavy atom. The predicted octanol–water partition coefficient (Wildman–Crippen LogP) is 6.43. The SMILES string of the molecule is COc1ccc(-c2oc(/N=C/c3cc(Br)c(O)cc3O)c(C#N)c2-c2ccc(OC)cc2)cc1. The lowest BCUT2D eigenvalue weighted by molar-refractivity contribution is 0.414. The van der Waals surface area contributed by atoms with Crippen LogP contribution in [0, 0.1) is 11.3 Å². The van der Waals surface area contributed by atoms with Crippen LogP contribution in [-0.4, -0.2) is 30.6 Å². The zero-order chi connectivity index (χ0) is 24.2. The van der Waals surface area contributed by atoms with E-state index < -0.39 is 0 Å². The molecule has 34 heavy (non-hydrogen) atoms. The number of nitriles is 1. The number of aliphatic imine (C=N–C) groups is 1. The fraction of sp³-hybridized carbons (Fsp3) is 0.0769. The van der Waals surface area contributed by atoms with Crippen molar-refractivity contribution >= 4 is 28.0 Å². The third-order valence-electron chi connectivity index (χ3n) is 5.15. The van der Waals surface area contributed by atoms with Crippen LogP contribution in [0.15, 0.2) is 74.5 Å². The van der Waals surface area contributed by atoms with E-state index in [2.05, 4.69) is 27.0 Å². The van der Waals surface area contributed by atoms with Crippen LogP contribution in [0.3, 0.4) is 0 Å². The summed E-state index contributed by atoms with van der Waals surface area (Å²) >= 11 is 3.22. The molecule has 0 fully saturated rings. The van der Waals surface area contributed by atoms with Gasteiger partial charge in [-0.15, -0.1) is 0 Å². The molecule has 0 atom stereocenters. The highest BCUT2D eigenvalue weighted by Crippen LogP contribution is 2.43. The number of hydrogen-bond donors (Lipinski definition) is 2. The molecule has 8 heteroatoms. The molecule has 0 aliphatic heterocycles. The number of hydrogen-bond acceptors (Lipinski definition) is 7. The summed E-state index contributed by atoms with van der Waals surface area (Å²) in [5.74, 6) is 1.65. The van der Waals surface area contributed by atoms with Crippen molar-refractivity contribution in [1.82, 2.24) is 0 Å². The zero-order valence-electron chi connectivity index (χ0n) is 18.2. The van der Waals surface area contributed by atoms with Crippen molar-refractivity contribution in [3.63, 3.8) is 0 Å². The summed E-state index contributed by atoms with van der Waals surface area (Å²) in [5.41, 5.74) is 2.65. The molecule has 0 spiro atoms. The molecule has 0 bridgehead atoms. The van der Waals surface area contributed by atoms with E-state index in [0.29, 0.717) is 32.9 Å². The number of aromatic hydroxyl groups is 2. The summed E-state index contributed by atoms with van der Waals surface area (Å²) in [6.45, 7) is 0. The van der Waals surface area contributed by atoms with Gasteiger partial charge in [0.1, 0.15) is 40.4 Å². The molecule has 1 aromatic heterocycles. The minimum absolute atomic E-state index is 0.0859. The van der Waals surface area contributed by atoms with E-state index in [-0.39, 0.29) is 22.9 Å². The maximum Gasteiger partial charge on any atom is 0.238 e. The number of methoxy groups -OCH3 is 2. The second-order valence-corrected chi connectivity index (χ2v) is 8.03. The van der Waals surface area contributed by atoms with Crippen LogP contribution in [0.25, 0.3) is 22.5 Å². The molecule has 3 aromatic carbocycles. The van der Waals surface area contributed by atoms with Gasteiger partial charge in [-0.05, 0) is 64.0 Å². The topological polar surface area (TPSA) is 108 Å². The number of halogens is 1. The van der Waals surface area contributed by atoms with Gasteiger partial charge < -0.3 is 24.1 Å². The second-order valence-electron chi connectivity index (χ2n) is 7.18. The first-order valence-electron chi connectivity index (χ1n) is 10.1. The Kier molecular flexibility index (Phi) is 6.57. The number of phenolic OH excluding ortho intramolecular Hbond substituents is 2. The van der Waals surface area contributed by atoms with E-state index in [9.17, 15) is 15.5 Å². The Hall–Kier alpha value is -4.22. The minimum atomic E-state index is -0.166. The Bertz CT molecular complexity index is 1400. The van der Waals surface area contributed by atoms with Gasteiger partial charge in [0, 0.05) is 29.0 Å². The van der Waals surface area contributed by atoms with Crippen molar-refractivity contribution in [2.45, 2.75) is 0 Å². The van der Waals surface area contributed by atoms with Crippen LogP contribution in [0.4, 0.5) is 5.88 Å². The normalized spacial score (nSPS) is 10.9. The molecule has 7 nitrogen and oxygen atoms in total. The predicted molar refractivity (Wildman–Crippen MR) is 132 cm³/mol. The standard InChI is InChI=1S/C26H19BrN2O5/c1-32-18-7-3-15(4-8-18)24-20(13-28)26(29-14-17-11-21(27)23(31)12-22(17)30)34-25(24)16-5-9-19(33-2)10-6-16/h3-12,14,30-31H,1-2H3/b29-14+. The molecule has 1 heterocycles. The van der Waals surface area contributed by atoms with Crippen molar-refractivity contribution in [3.05, 3.63) is 76.3 Å². The van der Waals surface area contributed by atoms with Gasteiger partial charge in [0.15, 0.2) is 0 Å². The fourth-order valence-corrected chi connectivity index (χ4v) is 3.75. The summed E-state index contributed by atoms with van der Waals surface area (Å²) < 4.78 is 17.0. The van der Waals surface area contributed by atoms with Crippen LogP contribution in [0.5, 0.6) is 23.0 Å². The average Bonchev–Trinajstić information content (AvgIpc) is 3.24. The fourth-order valence-electron chi connectivity index (χ4n) is 3.39. The molecule has 0 radical (unpaired) electrons. The van der Waals surface area contributed by atoms with Crippen molar-refractivity contribution in [1.29, 1.82) is 5.26 Å². The molecule has 0 saturated heterocycles. The molecule has 0 saturated carbocycles. The van der Waals surface area contributed by atoms with Gasteiger partial charge in [0.25, 0.3) is 0 Å². The highest BCUT2D eigenvalue weighted by Gasteiger charge is 2.23. The maximum atomic E-state index is 10.1. The Morgan fingerprint density at radius 3 is 2.06 bits per heavy atom. The first-order valence-corrected chi connectivity index (χ1v) is 10.9. The molecule has 0 aliphatic carbocycles. The molecule has 4 rings (SSSR count). The Morgan fingerprint density at radius 2 is 1.50 bits per heavy atom. The van der Waals surface area contributed by atoms with Gasteiger partial charge >= 0.3 is 0 Å². The lowest BCUT2D eigenvalue weighted by atomic mass is 9.98. The van der Waals surface area contributed by atoms with Gasteiger partial charge in [-0.3, -0.25) is 0 Å². The molecular weight excluding hydrogens is 500 g/mol. The van der Waals surface area contributed by atoms with Gasteiger partial charge in [0.2, 0.25) is 5.88 Å². The van der Waals surface area contributed by atoms with Gasteiger partial charge in [-0.1, -0.05) is 12.1 Å². The van der Waals surface area contributed by atoms with E-state index in [1.165, 1.54) is 18.3 Å². The van der Waals surface area contributed by atoms with Crippen molar-refractivity contribution < 1.29 is 24.1 Å². The van der Waals surface area contributed by atoms with Crippen molar-refractivity contribution in [2.24, 2.45) is 4.99 Å². The molecule has 170 valence electrons. The van der Waals surface area contributed by atoms with E-state index in [4.69, 9.17) is 13.9 Å².